The SMILES string of the molecule is O=C1NCCC1N1CCC(Cc2ccc(Cl)cc2)CC1. The normalized spacial score (nSPS) is 24.9. The molecule has 2 heterocycles. The minimum atomic E-state index is 0.131. The molecule has 3 nitrogen and oxygen atoms in total. The van der Waals surface area contributed by atoms with Crippen molar-refractivity contribution in [3.05, 3.63) is 34.9 Å². The third kappa shape index (κ3) is 3.15. The van der Waals surface area contributed by atoms with Crippen molar-refractivity contribution in [1.82, 2.24) is 10.2 Å². The van der Waals surface area contributed by atoms with E-state index in [2.05, 4.69) is 22.3 Å². The molecule has 108 valence electrons. The van der Waals surface area contributed by atoms with Crippen LogP contribution in [0.1, 0.15) is 24.8 Å². The van der Waals surface area contributed by atoms with E-state index in [1.165, 1.54) is 18.4 Å². The number of benzene rings is 1. The van der Waals surface area contributed by atoms with E-state index in [0.717, 1.165) is 43.4 Å². The van der Waals surface area contributed by atoms with Gasteiger partial charge in [-0.25, -0.2) is 0 Å². The molecule has 1 N–H and O–H groups in total. The Balaban J connectivity index is 1.51. The highest BCUT2D eigenvalue weighted by Gasteiger charge is 2.32. The number of likely N-dealkylation sites (tertiary alicyclic amines) is 1. The van der Waals surface area contributed by atoms with E-state index in [-0.39, 0.29) is 11.9 Å². The third-order valence-electron chi connectivity index (χ3n) is 4.55. The number of nitrogens with zero attached hydrogens (tertiary/aromatic N) is 1. The van der Waals surface area contributed by atoms with Crippen molar-refractivity contribution in [3.8, 4) is 0 Å². The Morgan fingerprint density at radius 1 is 1.15 bits per heavy atom. The Morgan fingerprint density at radius 2 is 1.85 bits per heavy atom. The summed E-state index contributed by atoms with van der Waals surface area (Å²) in [5, 5.41) is 3.73. The Bertz CT molecular complexity index is 466. The number of piperidine rings is 1. The van der Waals surface area contributed by atoms with E-state index in [9.17, 15) is 4.79 Å². The molecule has 0 aliphatic carbocycles. The van der Waals surface area contributed by atoms with Crippen LogP contribution in [0.4, 0.5) is 0 Å². The summed E-state index contributed by atoms with van der Waals surface area (Å²) in [6.45, 7) is 2.95. The second-order valence-corrected chi connectivity index (χ2v) is 6.34. The summed E-state index contributed by atoms with van der Waals surface area (Å²) in [5.41, 5.74) is 1.37. The first-order valence-corrected chi connectivity index (χ1v) is 7.86. The van der Waals surface area contributed by atoms with Gasteiger partial charge in [0.2, 0.25) is 5.91 Å². The number of rotatable bonds is 3. The van der Waals surface area contributed by atoms with Gasteiger partial charge in [-0.2, -0.15) is 0 Å². The van der Waals surface area contributed by atoms with Crippen LogP contribution in [0.15, 0.2) is 24.3 Å². The molecule has 0 aromatic heterocycles. The van der Waals surface area contributed by atoms with Gasteiger partial charge in [-0.05, 0) is 62.4 Å². The zero-order valence-electron chi connectivity index (χ0n) is 11.6. The molecule has 0 radical (unpaired) electrons. The Kier molecular flexibility index (Phi) is 4.27. The van der Waals surface area contributed by atoms with Crippen LogP contribution < -0.4 is 5.32 Å². The first-order valence-electron chi connectivity index (χ1n) is 7.48. The molecule has 0 bridgehead atoms. The molecule has 2 saturated heterocycles. The monoisotopic (exact) mass is 292 g/mol. The second-order valence-electron chi connectivity index (χ2n) is 5.91. The lowest BCUT2D eigenvalue weighted by Crippen LogP contribution is -2.45. The van der Waals surface area contributed by atoms with E-state index >= 15 is 0 Å². The molecule has 2 fully saturated rings. The van der Waals surface area contributed by atoms with Crippen molar-refractivity contribution in [3.63, 3.8) is 0 Å². The number of hydrogen-bond acceptors (Lipinski definition) is 2. The summed E-state index contributed by atoms with van der Waals surface area (Å²) in [6, 6.07) is 8.31. The van der Waals surface area contributed by atoms with Gasteiger partial charge in [0.05, 0.1) is 6.04 Å². The predicted octanol–water partition coefficient (Wildman–Crippen LogP) is 2.48. The van der Waals surface area contributed by atoms with E-state index in [1.807, 2.05) is 12.1 Å². The molecular weight excluding hydrogens is 272 g/mol. The van der Waals surface area contributed by atoms with Gasteiger partial charge in [0.15, 0.2) is 0 Å². The van der Waals surface area contributed by atoms with Crippen molar-refractivity contribution in [2.75, 3.05) is 19.6 Å². The Hall–Kier alpha value is -1.06. The van der Waals surface area contributed by atoms with Gasteiger partial charge < -0.3 is 5.32 Å². The second kappa shape index (κ2) is 6.15. The average molecular weight is 293 g/mol. The van der Waals surface area contributed by atoms with Gasteiger partial charge >= 0.3 is 0 Å². The van der Waals surface area contributed by atoms with Crippen LogP contribution in [0.3, 0.4) is 0 Å². The van der Waals surface area contributed by atoms with E-state index in [1.54, 1.807) is 0 Å². The zero-order valence-corrected chi connectivity index (χ0v) is 12.4. The lowest BCUT2D eigenvalue weighted by molar-refractivity contribution is -0.124. The molecule has 1 unspecified atom stereocenters. The van der Waals surface area contributed by atoms with Crippen LogP contribution in [-0.2, 0) is 11.2 Å². The maximum absolute atomic E-state index is 11.7. The van der Waals surface area contributed by atoms with E-state index in [4.69, 9.17) is 11.6 Å². The Labute approximate surface area is 125 Å². The van der Waals surface area contributed by atoms with Gasteiger partial charge in [0, 0.05) is 11.6 Å². The topological polar surface area (TPSA) is 32.3 Å². The van der Waals surface area contributed by atoms with Gasteiger partial charge in [-0.3, -0.25) is 9.69 Å². The molecule has 2 aliphatic rings. The number of carbonyl (C=O) groups excluding carboxylic acids is 1. The molecule has 2 aliphatic heterocycles. The molecule has 1 aromatic carbocycles. The third-order valence-corrected chi connectivity index (χ3v) is 4.80. The fourth-order valence-corrected chi connectivity index (χ4v) is 3.48. The maximum atomic E-state index is 11.7. The summed E-state index contributed by atoms with van der Waals surface area (Å²) in [5.74, 6) is 0.957. The fourth-order valence-electron chi connectivity index (χ4n) is 3.35. The molecule has 1 aromatic rings. The van der Waals surface area contributed by atoms with Crippen molar-refractivity contribution in [1.29, 1.82) is 0 Å². The standard InChI is InChI=1S/C16H21ClN2O/c17-14-3-1-12(2-4-14)11-13-6-9-19(10-7-13)15-5-8-18-16(15)20/h1-4,13,15H,5-11H2,(H,18,20). The van der Waals surface area contributed by atoms with Crippen LogP contribution in [0.25, 0.3) is 0 Å². The number of hydrogen-bond donors (Lipinski definition) is 1. The summed E-state index contributed by atoms with van der Waals surface area (Å²) >= 11 is 5.92. The molecule has 20 heavy (non-hydrogen) atoms. The maximum Gasteiger partial charge on any atom is 0.237 e. The van der Waals surface area contributed by atoms with Crippen LogP contribution in [0.5, 0.6) is 0 Å². The van der Waals surface area contributed by atoms with Crippen molar-refractivity contribution in [2.24, 2.45) is 5.92 Å². The van der Waals surface area contributed by atoms with E-state index < -0.39 is 0 Å². The van der Waals surface area contributed by atoms with Crippen LogP contribution in [-0.4, -0.2) is 36.5 Å². The molecule has 1 amide bonds. The minimum absolute atomic E-state index is 0.131. The quantitative estimate of drug-likeness (QED) is 0.928. The smallest absolute Gasteiger partial charge is 0.237 e. The van der Waals surface area contributed by atoms with Gasteiger partial charge in [0.25, 0.3) is 0 Å². The van der Waals surface area contributed by atoms with Crippen LogP contribution in [0.2, 0.25) is 5.02 Å². The summed E-state index contributed by atoms with van der Waals surface area (Å²) < 4.78 is 0. The highest BCUT2D eigenvalue weighted by Crippen LogP contribution is 2.25. The molecule has 3 rings (SSSR count). The first-order chi connectivity index (χ1) is 9.72. The predicted molar refractivity (Wildman–Crippen MR) is 80.9 cm³/mol. The van der Waals surface area contributed by atoms with Crippen molar-refractivity contribution < 1.29 is 4.79 Å². The molecule has 4 heteroatoms. The number of halogens is 1. The van der Waals surface area contributed by atoms with Gasteiger partial charge in [0.1, 0.15) is 0 Å². The largest absolute Gasteiger partial charge is 0.355 e. The van der Waals surface area contributed by atoms with Crippen molar-refractivity contribution in [2.45, 2.75) is 31.7 Å². The van der Waals surface area contributed by atoms with Gasteiger partial charge in [-0.1, -0.05) is 23.7 Å². The fraction of sp³-hybridized carbons (Fsp3) is 0.562. The molecule has 0 saturated carbocycles. The summed E-state index contributed by atoms with van der Waals surface area (Å²) in [6.07, 6.45) is 4.47. The minimum Gasteiger partial charge on any atom is -0.355 e. The lowest BCUT2D eigenvalue weighted by Gasteiger charge is -2.34. The molecule has 1 atom stereocenters. The highest BCUT2D eigenvalue weighted by molar-refractivity contribution is 6.30. The van der Waals surface area contributed by atoms with Crippen LogP contribution >= 0.6 is 11.6 Å². The number of carbonyl (C=O) groups is 1. The molecular formula is C16H21ClN2O. The zero-order chi connectivity index (χ0) is 13.9. The summed E-state index contributed by atoms with van der Waals surface area (Å²) in [4.78, 5) is 14.1. The molecule has 0 spiro atoms. The Morgan fingerprint density at radius 3 is 2.45 bits per heavy atom. The van der Waals surface area contributed by atoms with Crippen molar-refractivity contribution >= 4 is 17.5 Å². The number of nitrogens with one attached hydrogen (secondary N) is 1. The van der Waals surface area contributed by atoms with Gasteiger partial charge in [-0.15, -0.1) is 0 Å². The van der Waals surface area contributed by atoms with E-state index in [0.29, 0.717) is 0 Å². The lowest BCUT2D eigenvalue weighted by atomic mass is 9.89. The number of amides is 1. The first kappa shape index (κ1) is 13.9. The highest BCUT2D eigenvalue weighted by atomic mass is 35.5. The van der Waals surface area contributed by atoms with Crippen LogP contribution in [0, 0.1) is 5.92 Å². The average Bonchev–Trinajstić information content (AvgIpc) is 2.89. The summed E-state index contributed by atoms with van der Waals surface area (Å²) in [7, 11) is 0.